The Balaban J connectivity index is 2.58. The second kappa shape index (κ2) is 3.61. The molecule has 5 heteroatoms. The van der Waals surface area contributed by atoms with Gasteiger partial charge in [-0.2, -0.15) is 0 Å². The molecule has 0 unspecified atom stereocenters. The zero-order valence-corrected chi connectivity index (χ0v) is 7.41. The molecule has 0 aliphatic rings. The van der Waals surface area contributed by atoms with Gasteiger partial charge in [0, 0.05) is 5.56 Å². The number of nitrogens with zero attached hydrogens (tertiary/aromatic N) is 1. The van der Waals surface area contributed by atoms with E-state index in [0.29, 0.717) is 0 Å². The van der Waals surface area contributed by atoms with Crippen LogP contribution in [0.3, 0.4) is 0 Å². The molecule has 0 saturated heterocycles. The molecule has 76 valence electrons. The summed E-state index contributed by atoms with van der Waals surface area (Å²) in [4.78, 5) is 13.9. The van der Waals surface area contributed by atoms with Gasteiger partial charge in [0.15, 0.2) is 18.4 Å². The van der Waals surface area contributed by atoms with Crippen molar-refractivity contribution in [1.29, 1.82) is 0 Å². The van der Waals surface area contributed by atoms with E-state index in [0.717, 1.165) is 18.5 Å². The quantitative estimate of drug-likeness (QED) is 0.713. The van der Waals surface area contributed by atoms with Gasteiger partial charge in [-0.15, -0.1) is 0 Å². The van der Waals surface area contributed by atoms with Crippen molar-refractivity contribution in [2.45, 2.75) is 0 Å². The van der Waals surface area contributed by atoms with Gasteiger partial charge in [0.25, 0.3) is 0 Å². The van der Waals surface area contributed by atoms with Crippen LogP contribution in [0.1, 0.15) is 10.4 Å². The summed E-state index contributed by atoms with van der Waals surface area (Å²) in [6, 6.07) is 2.04. The van der Waals surface area contributed by atoms with Crippen molar-refractivity contribution in [2.75, 3.05) is 0 Å². The minimum absolute atomic E-state index is 0.134. The molecule has 0 spiro atoms. The first-order valence-electron chi connectivity index (χ1n) is 4.05. The molecule has 0 aliphatic heterocycles. The Morgan fingerprint density at radius 1 is 1.27 bits per heavy atom. The average Bonchev–Trinajstić information content (AvgIpc) is 2.69. The zero-order chi connectivity index (χ0) is 10.8. The highest BCUT2D eigenvalue weighted by Crippen LogP contribution is 2.23. The smallest absolute Gasteiger partial charge is 0.181 e. The average molecular weight is 209 g/mol. The van der Waals surface area contributed by atoms with Crippen LogP contribution < -0.4 is 0 Å². The second-order valence-electron chi connectivity index (χ2n) is 2.84. The Morgan fingerprint density at radius 2 is 1.93 bits per heavy atom. The highest BCUT2D eigenvalue weighted by atomic mass is 19.1. The lowest BCUT2D eigenvalue weighted by Gasteiger charge is -2.00. The summed E-state index contributed by atoms with van der Waals surface area (Å²) in [7, 11) is 0. The minimum Gasteiger partial charge on any atom is -0.444 e. The summed E-state index contributed by atoms with van der Waals surface area (Å²) in [6.07, 6.45) is 2.61. The summed E-state index contributed by atoms with van der Waals surface area (Å²) in [5.74, 6) is -1.60. The Morgan fingerprint density at radius 3 is 2.40 bits per heavy atom. The van der Waals surface area contributed by atoms with Crippen LogP contribution in [0, 0.1) is 11.6 Å². The van der Waals surface area contributed by atoms with Crippen LogP contribution in [0.4, 0.5) is 8.78 Å². The van der Waals surface area contributed by atoms with Gasteiger partial charge in [-0.25, -0.2) is 13.8 Å². The van der Waals surface area contributed by atoms with Gasteiger partial charge in [0.1, 0.15) is 11.6 Å². The fraction of sp³-hybridized carbons (Fsp3) is 0. The molecule has 0 atom stereocenters. The molecular weight excluding hydrogens is 204 g/mol. The Hall–Kier alpha value is -2.04. The Bertz CT molecular complexity index is 471. The first-order chi connectivity index (χ1) is 7.22. The Kier molecular flexibility index (Phi) is 2.29. The number of aromatic nitrogens is 1. The molecule has 0 fully saturated rings. The van der Waals surface area contributed by atoms with E-state index in [4.69, 9.17) is 4.42 Å². The number of carbonyl (C=O) groups excluding carboxylic acids is 1. The fourth-order valence-corrected chi connectivity index (χ4v) is 1.20. The number of hydrogen-bond donors (Lipinski definition) is 0. The molecule has 0 amide bonds. The van der Waals surface area contributed by atoms with Gasteiger partial charge >= 0.3 is 0 Å². The van der Waals surface area contributed by atoms with Crippen molar-refractivity contribution >= 4 is 6.29 Å². The lowest BCUT2D eigenvalue weighted by atomic mass is 10.1. The standard InChI is InChI=1S/C10H5F2NO2/c11-8-1-6(10-3-13-5-15-10)2-9(12)7(8)4-14/h1-5H. The Labute approximate surface area is 83.4 Å². The molecule has 1 aromatic heterocycles. The van der Waals surface area contributed by atoms with Crippen molar-refractivity contribution in [3.8, 4) is 11.3 Å². The number of rotatable bonds is 2. The third kappa shape index (κ3) is 1.63. The maximum Gasteiger partial charge on any atom is 0.181 e. The largest absolute Gasteiger partial charge is 0.444 e. The molecule has 0 saturated carbocycles. The van der Waals surface area contributed by atoms with Gasteiger partial charge in [-0.05, 0) is 12.1 Å². The third-order valence-electron chi connectivity index (χ3n) is 1.91. The molecule has 2 aromatic rings. The number of aldehydes is 1. The van der Waals surface area contributed by atoms with Crippen LogP contribution in [-0.2, 0) is 0 Å². The van der Waals surface area contributed by atoms with Gasteiger partial charge in [-0.1, -0.05) is 0 Å². The third-order valence-corrected chi connectivity index (χ3v) is 1.91. The monoisotopic (exact) mass is 209 g/mol. The number of benzene rings is 1. The summed E-state index contributed by atoms with van der Waals surface area (Å²) in [5.41, 5.74) is -0.383. The van der Waals surface area contributed by atoms with Crippen LogP contribution in [0.15, 0.2) is 29.1 Å². The topological polar surface area (TPSA) is 43.1 Å². The summed E-state index contributed by atoms with van der Waals surface area (Å²) >= 11 is 0. The SMILES string of the molecule is O=Cc1c(F)cc(-c2cnco2)cc1F. The van der Waals surface area contributed by atoms with E-state index in [-0.39, 0.29) is 17.6 Å². The van der Waals surface area contributed by atoms with E-state index in [1.165, 1.54) is 6.20 Å². The van der Waals surface area contributed by atoms with Crippen molar-refractivity contribution in [1.82, 2.24) is 4.98 Å². The molecule has 0 radical (unpaired) electrons. The molecule has 0 aliphatic carbocycles. The highest BCUT2D eigenvalue weighted by molar-refractivity contribution is 5.77. The first-order valence-corrected chi connectivity index (χ1v) is 4.05. The maximum atomic E-state index is 13.2. The molecule has 0 N–H and O–H groups in total. The predicted octanol–water partition coefficient (Wildman–Crippen LogP) is 2.43. The maximum absolute atomic E-state index is 13.2. The molecule has 3 nitrogen and oxygen atoms in total. The highest BCUT2D eigenvalue weighted by Gasteiger charge is 2.12. The molecular formula is C10H5F2NO2. The van der Waals surface area contributed by atoms with Crippen LogP contribution in [0.2, 0.25) is 0 Å². The first kappa shape index (κ1) is 9.51. The second-order valence-corrected chi connectivity index (χ2v) is 2.84. The lowest BCUT2D eigenvalue weighted by molar-refractivity contribution is 0.111. The van der Waals surface area contributed by atoms with Crippen LogP contribution in [0.25, 0.3) is 11.3 Å². The van der Waals surface area contributed by atoms with Gasteiger partial charge in [-0.3, -0.25) is 4.79 Å². The number of carbonyl (C=O) groups is 1. The van der Waals surface area contributed by atoms with E-state index in [1.54, 1.807) is 0 Å². The summed E-state index contributed by atoms with van der Waals surface area (Å²) < 4.78 is 31.2. The lowest BCUT2D eigenvalue weighted by Crippen LogP contribution is -1.94. The van der Waals surface area contributed by atoms with Gasteiger partial charge < -0.3 is 4.42 Å². The van der Waals surface area contributed by atoms with Crippen molar-refractivity contribution in [3.63, 3.8) is 0 Å². The summed E-state index contributed by atoms with van der Waals surface area (Å²) in [5, 5.41) is 0. The van der Waals surface area contributed by atoms with Gasteiger partial charge in [0.05, 0.1) is 11.8 Å². The predicted molar refractivity (Wildman–Crippen MR) is 47.2 cm³/mol. The molecule has 1 heterocycles. The molecule has 1 aromatic carbocycles. The molecule has 2 rings (SSSR count). The van der Waals surface area contributed by atoms with E-state index in [2.05, 4.69) is 4.98 Å². The number of oxazole rings is 1. The van der Waals surface area contributed by atoms with Gasteiger partial charge in [0.2, 0.25) is 0 Å². The van der Waals surface area contributed by atoms with Crippen molar-refractivity contribution < 1.29 is 18.0 Å². The normalized spacial score (nSPS) is 10.3. The number of hydrogen-bond acceptors (Lipinski definition) is 3. The molecule has 15 heavy (non-hydrogen) atoms. The van der Waals surface area contributed by atoms with E-state index in [1.807, 2.05) is 0 Å². The fourth-order valence-electron chi connectivity index (χ4n) is 1.20. The summed E-state index contributed by atoms with van der Waals surface area (Å²) in [6.45, 7) is 0. The van der Waals surface area contributed by atoms with E-state index in [9.17, 15) is 13.6 Å². The van der Waals surface area contributed by atoms with E-state index >= 15 is 0 Å². The number of halogens is 2. The van der Waals surface area contributed by atoms with Crippen LogP contribution in [-0.4, -0.2) is 11.3 Å². The van der Waals surface area contributed by atoms with Crippen molar-refractivity contribution in [3.05, 3.63) is 41.9 Å². The molecule has 0 bridgehead atoms. The minimum atomic E-state index is -0.920. The zero-order valence-electron chi connectivity index (χ0n) is 7.41. The van der Waals surface area contributed by atoms with Crippen molar-refractivity contribution in [2.24, 2.45) is 0 Å². The van der Waals surface area contributed by atoms with E-state index < -0.39 is 17.2 Å². The van der Waals surface area contributed by atoms with Crippen LogP contribution >= 0.6 is 0 Å². The van der Waals surface area contributed by atoms with Crippen LogP contribution in [0.5, 0.6) is 0 Å².